The molecule has 0 saturated carbocycles. The van der Waals surface area contributed by atoms with Crippen molar-refractivity contribution in [3.05, 3.63) is 59.2 Å². The van der Waals surface area contributed by atoms with Gasteiger partial charge < -0.3 is 4.74 Å². The molecule has 0 saturated heterocycles. The van der Waals surface area contributed by atoms with E-state index < -0.39 is 17.7 Å². The molecule has 0 fully saturated rings. The van der Waals surface area contributed by atoms with E-state index in [1.54, 1.807) is 18.2 Å². The first-order chi connectivity index (χ1) is 10.9. The number of methoxy groups -OCH3 is 1. The molecule has 0 heterocycles. The lowest BCUT2D eigenvalue weighted by atomic mass is 10.1. The lowest BCUT2D eigenvalue weighted by Crippen LogP contribution is -2.06. The summed E-state index contributed by atoms with van der Waals surface area (Å²) in [7, 11) is 1.21. The predicted molar refractivity (Wildman–Crippen MR) is 78.7 cm³/mol. The number of hydrogen-bond donors (Lipinski definition) is 0. The van der Waals surface area contributed by atoms with Crippen LogP contribution in [0.25, 0.3) is 0 Å². The summed E-state index contributed by atoms with van der Waals surface area (Å²) >= 11 is 0.907. The molecule has 0 aromatic heterocycles. The molecule has 23 heavy (non-hydrogen) atoms. The topological polar surface area (TPSA) is 43.4 Å². The minimum atomic E-state index is -4.52. The summed E-state index contributed by atoms with van der Waals surface area (Å²) in [6.45, 7) is 0. The van der Waals surface area contributed by atoms with Crippen molar-refractivity contribution in [2.75, 3.05) is 7.11 Å². The molecule has 0 unspecified atom stereocenters. The van der Waals surface area contributed by atoms with E-state index in [1.807, 2.05) is 0 Å². The Hall–Kier alpha value is -2.28. The zero-order chi connectivity index (χ0) is 17.0. The standard InChI is InChI=1S/C16H11F3O3S/c1-22-15(21)12-4-2-3-5-13(12)23-14-8-11(16(17,18)19)7-6-10(14)9-20/h2-9H,1H3. The van der Waals surface area contributed by atoms with Crippen LogP contribution in [-0.2, 0) is 10.9 Å². The van der Waals surface area contributed by atoms with E-state index in [0.29, 0.717) is 11.2 Å². The zero-order valence-corrected chi connectivity index (χ0v) is 12.7. The Morgan fingerprint density at radius 2 is 1.83 bits per heavy atom. The van der Waals surface area contributed by atoms with Crippen molar-refractivity contribution < 1.29 is 27.5 Å². The van der Waals surface area contributed by atoms with Gasteiger partial charge in [0, 0.05) is 15.4 Å². The van der Waals surface area contributed by atoms with E-state index in [0.717, 1.165) is 30.0 Å². The van der Waals surface area contributed by atoms with Gasteiger partial charge in [-0.1, -0.05) is 23.9 Å². The molecule has 0 aliphatic heterocycles. The highest BCUT2D eigenvalue weighted by Gasteiger charge is 2.31. The fourth-order valence-electron chi connectivity index (χ4n) is 1.85. The number of rotatable bonds is 4. The molecular formula is C16H11F3O3S. The SMILES string of the molecule is COC(=O)c1ccccc1Sc1cc(C(F)(F)F)ccc1C=O. The van der Waals surface area contributed by atoms with Gasteiger partial charge in [0.1, 0.15) is 0 Å². The average Bonchev–Trinajstić information content (AvgIpc) is 2.53. The normalized spacial score (nSPS) is 11.1. The highest BCUT2D eigenvalue weighted by Crippen LogP contribution is 2.37. The molecule has 3 nitrogen and oxygen atoms in total. The number of alkyl halides is 3. The molecule has 0 atom stereocenters. The summed E-state index contributed by atoms with van der Waals surface area (Å²) < 4.78 is 43.1. The van der Waals surface area contributed by atoms with E-state index in [9.17, 15) is 22.8 Å². The lowest BCUT2D eigenvalue weighted by molar-refractivity contribution is -0.137. The number of halogens is 3. The van der Waals surface area contributed by atoms with Gasteiger partial charge in [-0.25, -0.2) is 4.79 Å². The second kappa shape index (κ2) is 6.87. The second-order valence-corrected chi connectivity index (χ2v) is 5.54. The highest BCUT2D eigenvalue weighted by atomic mass is 32.2. The number of aldehydes is 1. The summed E-state index contributed by atoms with van der Waals surface area (Å²) in [5, 5.41) is 0. The van der Waals surface area contributed by atoms with Crippen LogP contribution in [0.15, 0.2) is 52.3 Å². The van der Waals surface area contributed by atoms with Crippen LogP contribution in [0.2, 0.25) is 0 Å². The van der Waals surface area contributed by atoms with Crippen molar-refractivity contribution in [1.82, 2.24) is 0 Å². The Labute approximate surface area is 134 Å². The molecule has 0 radical (unpaired) electrons. The summed E-state index contributed by atoms with van der Waals surface area (Å²) in [5.74, 6) is -0.604. The summed E-state index contributed by atoms with van der Waals surface area (Å²) in [6, 6.07) is 9.18. The van der Waals surface area contributed by atoms with Crippen molar-refractivity contribution in [1.29, 1.82) is 0 Å². The van der Waals surface area contributed by atoms with E-state index >= 15 is 0 Å². The van der Waals surface area contributed by atoms with E-state index in [2.05, 4.69) is 4.74 Å². The van der Waals surface area contributed by atoms with Crippen molar-refractivity contribution in [3.8, 4) is 0 Å². The van der Waals surface area contributed by atoms with Crippen LogP contribution in [0.1, 0.15) is 26.3 Å². The molecule has 0 aliphatic rings. The smallest absolute Gasteiger partial charge is 0.416 e. The van der Waals surface area contributed by atoms with Crippen LogP contribution in [0, 0.1) is 0 Å². The van der Waals surface area contributed by atoms with Gasteiger partial charge in [-0.2, -0.15) is 13.2 Å². The zero-order valence-electron chi connectivity index (χ0n) is 11.9. The number of ether oxygens (including phenoxy) is 1. The molecule has 0 aliphatic carbocycles. The van der Waals surface area contributed by atoms with Gasteiger partial charge >= 0.3 is 12.1 Å². The first-order valence-electron chi connectivity index (χ1n) is 6.38. The van der Waals surface area contributed by atoms with Crippen molar-refractivity contribution in [3.63, 3.8) is 0 Å². The fourth-order valence-corrected chi connectivity index (χ4v) is 2.91. The summed E-state index contributed by atoms with van der Waals surface area (Å²) in [5.41, 5.74) is -0.530. The van der Waals surface area contributed by atoms with Gasteiger partial charge in [-0.15, -0.1) is 0 Å². The molecule has 120 valence electrons. The Morgan fingerprint density at radius 1 is 1.13 bits per heavy atom. The number of carbonyl (C=O) groups excluding carboxylic acids is 2. The quantitative estimate of drug-likeness (QED) is 0.609. The van der Waals surface area contributed by atoms with Gasteiger partial charge in [-0.3, -0.25) is 4.79 Å². The maximum Gasteiger partial charge on any atom is 0.416 e. The monoisotopic (exact) mass is 340 g/mol. The van der Waals surface area contributed by atoms with E-state index in [-0.39, 0.29) is 16.0 Å². The van der Waals surface area contributed by atoms with Crippen molar-refractivity contribution >= 4 is 24.0 Å². The molecule has 0 bridgehead atoms. The Kier molecular flexibility index (Phi) is 5.10. The highest BCUT2D eigenvalue weighted by molar-refractivity contribution is 7.99. The van der Waals surface area contributed by atoms with Crippen LogP contribution in [0.4, 0.5) is 13.2 Å². The minimum Gasteiger partial charge on any atom is -0.465 e. The van der Waals surface area contributed by atoms with Crippen molar-refractivity contribution in [2.24, 2.45) is 0 Å². The Morgan fingerprint density at radius 3 is 2.43 bits per heavy atom. The van der Waals surface area contributed by atoms with Crippen LogP contribution in [-0.4, -0.2) is 19.4 Å². The molecule has 0 N–H and O–H groups in total. The average molecular weight is 340 g/mol. The van der Waals surface area contributed by atoms with Crippen LogP contribution < -0.4 is 0 Å². The Balaban J connectivity index is 2.48. The lowest BCUT2D eigenvalue weighted by Gasteiger charge is -2.12. The first-order valence-corrected chi connectivity index (χ1v) is 7.20. The maximum atomic E-state index is 12.8. The van der Waals surface area contributed by atoms with Gasteiger partial charge in [0.05, 0.1) is 18.2 Å². The number of esters is 1. The molecule has 0 amide bonds. The molecule has 7 heteroatoms. The largest absolute Gasteiger partial charge is 0.465 e. The van der Waals surface area contributed by atoms with Crippen LogP contribution >= 0.6 is 11.8 Å². The second-order valence-electron chi connectivity index (χ2n) is 4.46. The predicted octanol–water partition coefficient (Wildman–Crippen LogP) is 4.46. The molecular weight excluding hydrogens is 329 g/mol. The van der Waals surface area contributed by atoms with Gasteiger partial charge in [0.25, 0.3) is 0 Å². The van der Waals surface area contributed by atoms with Gasteiger partial charge in [-0.05, 0) is 30.3 Å². The van der Waals surface area contributed by atoms with Crippen LogP contribution in [0.5, 0.6) is 0 Å². The van der Waals surface area contributed by atoms with Gasteiger partial charge in [0.2, 0.25) is 0 Å². The number of benzene rings is 2. The Bertz CT molecular complexity index is 742. The van der Waals surface area contributed by atoms with E-state index in [4.69, 9.17) is 0 Å². The molecule has 2 aromatic rings. The molecule has 2 rings (SSSR count). The van der Waals surface area contributed by atoms with Gasteiger partial charge in [0.15, 0.2) is 6.29 Å². The third-order valence-electron chi connectivity index (χ3n) is 2.98. The molecule has 0 spiro atoms. The third-order valence-corrected chi connectivity index (χ3v) is 4.13. The summed E-state index contributed by atoms with van der Waals surface area (Å²) in [6.07, 6.45) is -4.04. The summed E-state index contributed by atoms with van der Waals surface area (Å²) in [4.78, 5) is 23.3. The maximum absolute atomic E-state index is 12.8. The number of hydrogen-bond acceptors (Lipinski definition) is 4. The molecule has 2 aromatic carbocycles. The minimum absolute atomic E-state index is 0.114. The third kappa shape index (κ3) is 3.92. The number of carbonyl (C=O) groups is 2. The van der Waals surface area contributed by atoms with Crippen molar-refractivity contribution in [2.45, 2.75) is 16.0 Å². The fraction of sp³-hybridized carbons (Fsp3) is 0.125. The first kappa shape index (κ1) is 17.1. The van der Waals surface area contributed by atoms with Crippen LogP contribution in [0.3, 0.4) is 0 Å². The van der Waals surface area contributed by atoms with E-state index in [1.165, 1.54) is 13.2 Å².